The van der Waals surface area contributed by atoms with Crippen molar-refractivity contribution in [3.63, 3.8) is 0 Å². The summed E-state index contributed by atoms with van der Waals surface area (Å²) in [5, 5.41) is 5.19. The number of H-pyrrole nitrogens is 1. The Morgan fingerprint density at radius 2 is 2.11 bits per heavy atom. The quantitative estimate of drug-likeness (QED) is 0.541. The van der Waals surface area contributed by atoms with Crippen LogP contribution >= 0.6 is 11.3 Å². The number of rotatable bonds is 5. The Kier molecular flexibility index (Phi) is 4.70. The number of carbonyl (C=O) groups excluding carboxylic acids is 1. The predicted octanol–water partition coefficient (Wildman–Crippen LogP) is 3.64. The first-order valence-corrected chi connectivity index (χ1v) is 9.62. The Hall–Kier alpha value is -3.39. The van der Waals surface area contributed by atoms with Crippen LogP contribution in [0.15, 0.2) is 52.6 Å². The van der Waals surface area contributed by atoms with Crippen molar-refractivity contribution in [1.82, 2.24) is 14.5 Å². The number of hydrogen-bond acceptors (Lipinski definition) is 5. The number of para-hydroxylation sites is 1. The van der Waals surface area contributed by atoms with Gasteiger partial charge in [0.1, 0.15) is 5.75 Å². The van der Waals surface area contributed by atoms with Gasteiger partial charge in [0.25, 0.3) is 5.91 Å². The van der Waals surface area contributed by atoms with E-state index in [2.05, 4.69) is 15.3 Å². The number of aryl methyl sites for hydroxylation is 1. The Balaban J connectivity index is 1.57. The lowest BCUT2D eigenvalue weighted by atomic mass is 10.1. The second-order valence-electron chi connectivity index (χ2n) is 6.14. The highest BCUT2D eigenvalue weighted by atomic mass is 32.1. The molecule has 4 aromatic rings. The monoisotopic (exact) mass is 394 g/mol. The summed E-state index contributed by atoms with van der Waals surface area (Å²) >= 11 is 1.34. The molecule has 142 valence electrons. The number of nitrogens with zero attached hydrogens (tertiary/aromatic N) is 2. The van der Waals surface area contributed by atoms with Crippen LogP contribution in [0.5, 0.6) is 5.75 Å². The Morgan fingerprint density at radius 1 is 1.29 bits per heavy atom. The molecular weight excluding hydrogens is 376 g/mol. The van der Waals surface area contributed by atoms with Gasteiger partial charge in [-0.3, -0.25) is 14.7 Å². The Labute approximate surface area is 164 Å². The van der Waals surface area contributed by atoms with Crippen LogP contribution in [0.2, 0.25) is 0 Å². The van der Waals surface area contributed by atoms with Gasteiger partial charge in [-0.05, 0) is 37.3 Å². The van der Waals surface area contributed by atoms with Crippen LogP contribution in [0.1, 0.15) is 17.3 Å². The molecule has 0 saturated heterocycles. The molecule has 2 aromatic heterocycles. The highest BCUT2D eigenvalue weighted by Gasteiger charge is 2.14. The summed E-state index contributed by atoms with van der Waals surface area (Å²) in [6, 6.07) is 12.7. The molecule has 4 rings (SSSR count). The molecule has 2 heterocycles. The topological polar surface area (TPSA) is 89.0 Å². The zero-order valence-corrected chi connectivity index (χ0v) is 16.2. The van der Waals surface area contributed by atoms with E-state index in [1.807, 2.05) is 36.6 Å². The number of benzene rings is 2. The third kappa shape index (κ3) is 3.29. The fourth-order valence-corrected chi connectivity index (χ4v) is 3.67. The number of aromatic nitrogens is 3. The van der Waals surface area contributed by atoms with Crippen molar-refractivity contribution >= 4 is 33.4 Å². The summed E-state index contributed by atoms with van der Waals surface area (Å²) in [7, 11) is 1.68. The van der Waals surface area contributed by atoms with Crippen LogP contribution in [-0.4, -0.2) is 27.0 Å². The van der Waals surface area contributed by atoms with Gasteiger partial charge in [0, 0.05) is 23.6 Å². The second-order valence-corrected chi connectivity index (χ2v) is 7.00. The van der Waals surface area contributed by atoms with Gasteiger partial charge in [-0.1, -0.05) is 12.1 Å². The summed E-state index contributed by atoms with van der Waals surface area (Å²) in [5.41, 5.74) is 3.21. The number of aromatic amines is 1. The zero-order chi connectivity index (χ0) is 19.7. The maximum Gasteiger partial charge on any atom is 0.326 e. The smallest absolute Gasteiger partial charge is 0.326 e. The minimum absolute atomic E-state index is 0.218. The van der Waals surface area contributed by atoms with Crippen molar-refractivity contribution in [1.29, 1.82) is 0 Å². The molecule has 0 fully saturated rings. The molecular formula is C20H18N4O3S. The molecule has 0 aliphatic carbocycles. The van der Waals surface area contributed by atoms with E-state index in [1.165, 1.54) is 15.9 Å². The molecule has 0 aliphatic heterocycles. The number of hydrogen-bond donors (Lipinski definition) is 2. The lowest BCUT2D eigenvalue weighted by Gasteiger charge is -2.07. The fourth-order valence-electron chi connectivity index (χ4n) is 2.96. The molecule has 0 saturated carbocycles. The van der Waals surface area contributed by atoms with Gasteiger partial charge in [0.15, 0.2) is 5.13 Å². The summed E-state index contributed by atoms with van der Waals surface area (Å²) in [5.74, 6) is 0.470. The lowest BCUT2D eigenvalue weighted by Crippen LogP contribution is -2.11. The average molecular weight is 394 g/mol. The normalized spacial score (nSPS) is 10.9. The van der Waals surface area contributed by atoms with E-state index in [-0.39, 0.29) is 11.6 Å². The fraction of sp³-hybridized carbons (Fsp3) is 0.150. The van der Waals surface area contributed by atoms with Crippen molar-refractivity contribution in [3.05, 3.63) is 63.9 Å². The summed E-state index contributed by atoms with van der Waals surface area (Å²) < 4.78 is 7.15. The summed E-state index contributed by atoms with van der Waals surface area (Å²) in [4.78, 5) is 31.6. The van der Waals surface area contributed by atoms with Crippen LogP contribution in [-0.2, 0) is 7.05 Å². The third-order valence-electron chi connectivity index (χ3n) is 4.35. The highest BCUT2D eigenvalue weighted by Crippen LogP contribution is 2.32. The number of carbonyl (C=O) groups is 1. The maximum absolute atomic E-state index is 12.6. The number of ether oxygens (including phenoxy) is 1. The average Bonchev–Trinajstić information content (AvgIpc) is 3.27. The van der Waals surface area contributed by atoms with Crippen LogP contribution in [0, 0.1) is 0 Å². The van der Waals surface area contributed by atoms with Crippen LogP contribution in [0.4, 0.5) is 5.13 Å². The molecule has 1 amide bonds. The summed E-state index contributed by atoms with van der Waals surface area (Å²) in [6.45, 7) is 2.50. The van der Waals surface area contributed by atoms with Gasteiger partial charge in [-0.2, -0.15) is 0 Å². The summed E-state index contributed by atoms with van der Waals surface area (Å²) in [6.07, 6.45) is 0. The van der Waals surface area contributed by atoms with Crippen LogP contribution in [0.25, 0.3) is 22.3 Å². The van der Waals surface area contributed by atoms with Gasteiger partial charge in [0.2, 0.25) is 0 Å². The van der Waals surface area contributed by atoms with E-state index < -0.39 is 0 Å². The van der Waals surface area contributed by atoms with E-state index in [1.54, 1.807) is 25.2 Å². The molecule has 0 spiro atoms. The minimum atomic E-state index is -0.286. The van der Waals surface area contributed by atoms with Gasteiger partial charge in [0.05, 0.1) is 23.3 Å². The van der Waals surface area contributed by atoms with Crippen molar-refractivity contribution in [3.8, 4) is 17.0 Å². The van der Waals surface area contributed by atoms with Crippen molar-refractivity contribution in [2.45, 2.75) is 6.92 Å². The number of amides is 1. The minimum Gasteiger partial charge on any atom is -0.493 e. The molecule has 8 heteroatoms. The number of fused-ring (bicyclic) bond motifs is 1. The van der Waals surface area contributed by atoms with Gasteiger partial charge >= 0.3 is 5.69 Å². The molecule has 0 unspecified atom stereocenters. The first kappa shape index (κ1) is 18.0. The van der Waals surface area contributed by atoms with E-state index in [9.17, 15) is 9.59 Å². The molecule has 7 nitrogen and oxygen atoms in total. The number of imidazole rings is 1. The molecule has 0 bridgehead atoms. The lowest BCUT2D eigenvalue weighted by molar-refractivity contribution is 0.102. The largest absolute Gasteiger partial charge is 0.493 e. The molecule has 0 atom stereocenters. The predicted molar refractivity (Wildman–Crippen MR) is 110 cm³/mol. The van der Waals surface area contributed by atoms with Crippen LogP contribution < -0.4 is 15.7 Å². The molecule has 0 aliphatic rings. The van der Waals surface area contributed by atoms with Crippen molar-refractivity contribution in [2.75, 3.05) is 11.9 Å². The van der Waals surface area contributed by atoms with Gasteiger partial charge in [-0.25, -0.2) is 9.78 Å². The second kappa shape index (κ2) is 7.32. The Morgan fingerprint density at radius 3 is 2.93 bits per heavy atom. The van der Waals surface area contributed by atoms with Gasteiger partial charge < -0.3 is 9.72 Å². The zero-order valence-electron chi connectivity index (χ0n) is 15.4. The van der Waals surface area contributed by atoms with E-state index in [4.69, 9.17) is 4.74 Å². The SMILES string of the molecule is CCOc1ccccc1-c1csc(NC(=O)c2ccc3c(c2)[nH]c(=O)n3C)n1. The first-order valence-electron chi connectivity index (χ1n) is 8.74. The molecule has 28 heavy (non-hydrogen) atoms. The van der Waals surface area contributed by atoms with Crippen molar-refractivity contribution in [2.24, 2.45) is 7.05 Å². The standard InChI is InChI=1S/C20H18N4O3S/c1-3-27-17-7-5-4-6-13(17)15-11-28-19(21-15)23-18(25)12-8-9-16-14(10-12)22-20(26)24(16)2/h4-11H,3H2,1-2H3,(H,22,26)(H,21,23,25). The molecule has 2 N–H and O–H groups in total. The first-order chi connectivity index (χ1) is 13.6. The molecule has 0 radical (unpaired) electrons. The third-order valence-corrected chi connectivity index (χ3v) is 5.11. The van der Waals surface area contributed by atoms with E-state index in [0.29, 0.717) is 22.8 Å². The van der Waals surface area contributed by atoms with E-state index >= 15 is 0 Å². The number of anilines is 1. The van der Waals surface area contributed by atoms with Crippen molar-refractivity contribution < 1.29 is 9.53 Å². The highest BCUT2D eigenvalue weighted by molar-refractivity contribution is 7.14. The van der Waals surface area contributed by atoms with Crippen LogP contribution in [0.3, 0.4) is 0 Å². The van der Waals surface area contributed by atoms with Gasteiger partial charge in [-0.15, -0.1) is 11.3 Å². The number of nitrogens with one attached hydrogen (secondary N) is 2. The maximum atomic E-state index is 12.6. The number of thiazole rings is 1. The molecule has 2 aromatic carbocycles. The van der Waals surface area contributed by atoms with E-state index in [0.717, 1.165) is 22.5 Å². The Bertz CT molecular complexity index is 1220.